The maximum atomic E-state index is 12.3. The van der Waals surface area contributed by atoms with E-state index in [1.165, 1.54) is 0 Å². The number of ether oxygens (including phenoxy) is 1. The van der Waals surface area contributed by atoms with E-state index < -0.39 is 5.91 Å². The second-order valence-corrected chi connectivity index (χ2v) is 6.75. The molecule has 0 bridgehead atoms. The lowest BCUT2D eigenvalue weighted by Crippen LogP contribution is -1.97. The fourth-order valence-electron chi connectivity index (χ4n) is 2.81. The number of fused-ring (bicyclic) bond motifs is 1. The van der Waals surface area contributed by atoms with Crippen molar-refractivity contribution in [2.24, 2.45) is 10.2 Å². The highest BCUT2D eigenvalue weighted by molar-refractivity contribution is 6.30. The maximum Gasteiger partial charge on any atom is 0.295 e. The summed E-state index contributed by atoms with van der Waals surface area (Å²) >= 11 is 5.87. The van der Waals surface area contributed by atoms with Gasteiger partial charge in [-0.1, -0.05) is 41.9 Å². The highest BCUT2D eigenvalue weighted by Gasteiger charge is 2.11. The summed E-state index contributed by atoms with van der Waals surface area (Å²) in [6, 6.07) is 21.3. The van der Waals surface area contributed by atoms with Gasteiger partial charge in [-0.2, -0.15) is 0 Å². The second kappa shape index (κ2) is 8.16. The minimum atomic E-state index is -0.515. The first kappa shape index (κ1) is 18.7. The van der Waals surface area contributed by atoms with E-state index in [1.807, 2.05) is 24.3 Å². The summed E-state index contributed by atoms with van der Waals surface area (Å²) in [7, 11) is 0. The van der Waals surface area contributed by atoms with Crippen LogP contribution >= 0.6 is 11.6 Å². The van der Waals surface area contributed by atoms with E-state index in [2.05, 4.69) is 15.2 Å². The molecule has 0 saturated carbocycles. The van der Waals surface area contributed by atoms with Crippen LogP contribution in [0.2, 0.25) is 5.02 Å². The van der Waals surface area contributed by atoms with Crippen LogP contribution in [0.1, 0.15) is 15.9 Å². The van der Waals surface area contributed by atoms with Crippen molar-refractivity contribution in [3.05, 3.63) is 88.9 Å². The largest absolute Gasteiger partial charge is 0.493 e. The van der Waals surface area contributed by atoms with Gasteiger partial charge in [-0.25, -0.2) is 0 Å². The minimum Gasteiger partial charge on any atom is -0.493 e. The van der Waals surface area contributed by atoms with Gasteiger partial charge in [0.25, 0.3) is 5.91 Å². The summed E-state index contributed by atoms with van der Waals surface area (Å²) in [6.07, 6.45) is 0. The fourth-order valence-corrected chi connectivity index (χ4v) is 2.93. The molecule has 0 fully saturated rings. The summed E-state index contributed by atoms with van der Waals surface area (Å²) in [5.41, 5.74) is 2.30. The third kappa shape index (κ3) is 4.28. The number of aromatic nitrogens is 1. The molecule has 2 N–H and O–H groups in total. The van der Waals surface area contributed by atoms with Crippen molar-refractivity contribution in [1.82, 2.24) is 4.98 Å². The quantitative estimate of drug-likeness (QED) is 0.397. The molecule has 0 aliphatic heterocycles. The zero-order chi connectivity index (χ0) is 20.2. The smallest absolute Gasteiger partial charge is 0.295 e. The molecule has 1 heterocycles. The van der Waals surface area contributed by atoms with Gasteiger partial charge in [0.1, 0.15) is 12.4 Å². The van der Waals surface area contributed by atoms with Gasteiger partial charge < -0.3 is 14.8 Å². The van der Waals surface area contributed by atoms with Crippen LogP contribution in [0.5, 0.6) is 11.6 Å². The number of hydrogen-bond acceptors (Lipinski definition) is 4. The van der Waals surface area contributed by atoms with Gasteiger partial charge in [0.05, 0.1) is 5.52 Å². The van der Waals surface area contributed by atoms with E-state index in [1.54, 1.807) is 48.5 Å². The number of azo groups is 1. The Bertz CT molecular complexity index is 1180. The van der Waals surface area contributed by atoms with Crippen LogP contribution in [0.4, 0.5) is 5.69 Å². The zero-order valence-corrected chi connectivity index (χ0v) is 15.9. The van der Waals surface area contributed by atoms with E-state index in [-0.39, 0.29) is 11.6 Å². The van der Waals surface area contributed by atoms with Crippen LogP contribution < -0.4 is 4.74 Å². The first-order chi connectivity index (χ1) is 14.1. The molecule has 0 aliphatic rings. The molecule has 0 spiro atoms. The third-order valence-corrected chi connectivity index (χ3v) is 4.57. The average Bonchev–Trinajstić information content (AvgIpc) is 3.07. The first-order valence-electron chi connectivity index (χ1n) is 8.83. The Kier molecular flexibility index (Phi) is 5.27. The average molecular weight is 406 g/mol. The van der Waals surface area contributed by atoms with Gasteiger partial charge in [-0.15, -0.1) is 10.2 Å². The van der Waals surface area contributed by atoms with Gasteiger partial charge in [0, 0.05) is 16.0 Å². The molecule has 29 heavy (non-hydrogen) atoms. The standard InChI is InChI=1S/C22H16ClN3O3/c23-16-9-5-14(6-10-16)13-29-17-11-7-15(8-12-17)21(27)26-25-20-18-3-1-2-4-19(18)24-22(20)28/h1-12,24,28H,13H2. The van der Waals surface area contributed by atoms with Crippen molar-refractivity contribution in [2.75, 3.05) is 0 Å². The van der Waals surface area contributed by atoms with Crippen molar-refractivity contribution in [2.45, 2.75) is 6.61 Å². The molecule has 0 atom stereocenters. The molecule has 6 nitrogen and oxygen atoms in total. The van der Waals surface area contributed by atoms with Gasteiger partial charge >= 0.3 is 0 Å². The van der Waals surface area contributed by atoms with E-state index in [9.17, 15) is 9.90 Å². The lowest BCUT2D eigenvalue weighted by molar-refractivity contribution is 0.0995. The SMILES string of the molecule is O=C(N=Nc1c(O)[nH]c2ccccc12)c1ccc(OCc2ccc(Cl)cc2)cc1. The molecule has 3 aromatic carbocycles. The zero-order valence-electron chi connectivity index (χ0n) is 15.2. The first-order valence-corrected chi connectivity index (χ1v) is 9.21. The second-order valence-electron chi connectivity index (χ2n) is 6.31. The number of rotatable bonds is 5. The Balaban J connectivity index is 1.43. The fraction of sp³-hybridized carbons (Fsp3) is 0.0455. The highest BCUT2D eigenvalue weighted by atomic mass is 35.5. The molecule has 0 unspecified atom stereocenters. The van der Waals surface area contributed by atoms with Crippen LogP contribution in [-0.4, -0.2) is 16.0 Å². The number of nitrogens with one attached hydrogen (secondary N) is 1. The lowest BCUT2D eigenvalue weighted by atomic mass is 10.2. The van der Waals surface area contributed by atoms with Crippen molar-refractivity contribution in [3.63, 3.8) is 0 Å². The van der Waals surface area contributed by atoms with Crippen molar-refractivity contribution in [1.29, 1.82) is 0 Å². The normalized spacial score (nSPS) is 11.2. The molecular formula is C22H16ClN3O3. The summed E-state index contributed by atoms with van der Waals surface area (Å²) in [6.45, 7) is 0.393. The highest BCUT2D eigenvalue weighted by Crippen LogP contribution is 2.35. The Labute approximate surface area is 171 Å². The van der Waals surface area contributed by atoms with E-state index in [4.69, 9.17) is 16.3 Å². The number of nitrogens with zero attached hydrogens (tertiary/aromatic N) is 2. The van der Waals surface area contributed by atoms with Crippen molar-refractivity contribution in [3.8, 4) is 11.6 Å². The number of carbonyl (C=O) groups excluding carboxylic acids is 1. The topological polar surface area (TPSA) is 87.0 Å². The number of benzene rings is 3. The van der Waals surface area contributed by atoms with Crippen LogP contribution in [0.25, 0.3) is 10.9 Å². The van der Waals surface area contributed by atoms with Crippen LogP contribution in [-0.2, 0) is 6.61 Å². The van der Waals surface area contributed by atoms with Crippen molar-refractivity contribution >= 4 is 34.1 Å². The monoisotopic (exact) mass is 405 g/mol. The van der Waals surface area contributed by atoms with Gasteiger partial charge in [-0.05, 0) is 48.0 Å². The Morgan fingerprint density at radius 1 is 1.00 bits per heavy atom. The van der Waals surface area contributed by atoms with Crippen LogP contribution in [0.3, 0.4) is 0 Å². The Morgan fingerprint density at radius 3 is 2.48 bits per heavy atom. The number of H-pyrrole nitrogens is 1. The Morgan fingerprint density at radius 2 is 1.72 bits per heavy atom. The summed E-state index contributed by atoms with van der Waals surface area (Å²) in [5.74, 6) is -0.0182. The van der Waals surface area contributed by atoms with E-state index >= 15 is 0 Å². The molecule has 1 amide bonds. The van der Waals surface area contributed by atoms with E-state index in [0.717, 1.165) is 5.56 Å². The van der Waals surface area contributed by atoms with Crippen LogP contribution in [0.15, 0.2) is 83.0 Å². The third-order valence-electron chi connectivity index (χ3n) is 4.32. The molecule has 0 aliphatic carbocycles. The number of aromatic amines is 1. The summed E-state index contributed by atoms with van der Waals surface area (Å²) < 4.78 is 5.70. The predicted octanol–water partition coefficient (Wildman–Crippen LogP) is 6.03. The molecular weight excluding hydrogens is 390 g/mol. The van der Waals surface area contributed by atoms with E-state index in [0.29, 0.717) is 33.8 Å². The number of amides is 1. The molecule has 4 rings (SSSR count). The molecule has 0 saturated heterocycles. The van der Waals surface area contributed by atoms with Gasteiger partial charge in [-0.3, -0.25) is 4.79 Å². The number of halogens is 1. The molecule has 144 valence electrons. The number of para-hydroxylation sites is 1. The van der Waals surface area contributed by atoms with Gasteiger partial charge in [0.15, 0.2) is 5.69 Å². The van der Waals surface area contributed by atoms with Gasteiger partial charge in [0.2, 0.25) is 5.88 Å². The number of hydrogen-bond donors (Lipinski definition) is 2. The molecule has 0 radical (unpaired) electrons. The predicted molar refractivity (Wildman–Crippen MR) is 111 cm³/mol. The number of aromatic hydroxyl groups is 1. The molecule has 4 aromatic rings. The minimum absolute atomic E-state index is 0.131. The maximum absolute atomic E-state index is 12.3. The lowest BCUT2D eigenvalue weighted by Gasteiger charge is -2.06. The van der Waals surface area contributed by atoms with Crippen LogP contribution in [0, 0.1) is 0 Å². The molecule has 7 heteroatoms. The summed E-state index contributed by atoms with van der Waals surface area (Å²) in [4.78, 5) is 15.1. The summed E-state index contributed by atoms with van der Waals surface area (Å²) in [5, 5.41) is 19.0. The number of carbonyl (C=O) groups is 1. The van der Waals surface area contributed by atoms with Crippen molar-refractivity contribution < 1.29 is 14.6 Å². The Hall–Kier alpha value is -3.64. The molecule has 1 aromatic heterocycles.